The Kier molecular flexibility index (Phi) is 5.43. The number of carbonyl (C=O) groups excluding carboxylic acids is 1. The summed E-state index contributed by atoms with van der Waals surface area (Å²) in [7, 11) is -3.53. The second-order valence-corrected chi connectivity index (χ2v) is 9.37. The van der Waals surface area contributed by atoms with Crippen LogP contribution in [0.25, 0.3) is 0 Å². The van der Waals surface area contributed by atoms with Crippen LogP contribution in [0.1, 0.15) is 32.1 Å². The molecule has 138 valence electrons. The summed E-state index contributed by atoms with van der Waals surface area (Å²) in [4.78, 5) is 12.5. The molecule has 2 atom stereocenters. The van der Waals surface area contributed by atoms with E-state index in [-0.39, 0.29) is 35.1 Å². The van der Waals surface area contributed by atoms with E-state index in [1.54, 1.807) is 0 Å². The van der Waals surface area contributed by atoms with E-state index in [1.165, 1.54) is 18.6 Å². The lowest BCUT2D eigenvalue weighted by Crippen LogP contribution is -2.49. The maximum Gasteiger partial charge on any atom is 0.223 e. The van der Waals surface area contributed by atoms with Crippen molar-refractivity contribution in [1.29, 1.82) is 0 Å². The van der Waals surface area contributed by atoms with Gasteiger partial charge in [0, 0.05) is 18.5 Å². The van der Waals surface area contributed by atoms with Crippen LogP contribution in [-0.4, -0.2) is 32.7 Å². The molecule has 2 saturated carbocycles. The summed E-state index contributed by atoms with van der Waals surface area (Å²) in [6.07, 6.45) is 4.95. The zero-order valence-corrected chi connectivity index (χ0v) is 15.0. The van der Waals surface area contributed by atoms with Gasteiger partial charge in [-0.25, -0.2) is 12.8 Å². The Bertz CT molecular complexity index is 706. The van der Waals surface area contributed by atoms with Gasteiger partial charge in [0.2, 0.25) is 5.91 Å². The predicted molar refractivity (Wildman–Crippen MR) is 93.0 cm³/mol. The standard InChI is InChI=1S/C18H25FN2O3S/c19-15-4-6-16(7-5-15)25(23,24)9-8-21-18(22)14-10-12-2-1-3-13(11-14)17(12)20/h4-7,12-14,17H,1-3,8-11,20H2,(H,21,22). The first-order chi connectivity index (χ1) is 11.9. The van der Waals surface area contributed by atoms with Gasteiger partial charge in [-0.1, -0.05) is 6.42 Å². The van der Waals surface area contributed by atoms with E-state index in [0.717, 1.165) is 37.8 Å². The number of fused-ring (bicyclic) bond motifs is 2. The number of nitrogens with one attached hydrogen (secondary N) is 1. The van der Waals surface area contributed by atoms with Gasteiger partial charge in [0.15, 0.2) is 9.84 Å². The van der Waals surface area contributed by atoms with Gasteiger partial charge in [-0.2, -0.15) is 0 Å². The normalized spacial score (nSPS) is 29.2. The number of amides is 1. The van der Waals surface area contributed by atoms with Crippen LogP contribution >= 0.6 is 0 Å². The zero-order chi connectivity index (χ0) is 18.0. The number of carbonyl (C=O) groups is 1. The highest BCUT2D eigenvalue weighted by Crippen LogP contribution is 2.41. The van der Waals surface area contributed by atoms with Crippen LogP contribution in [-0.2, 0) is 14.6 Å². The minimum absolute atomic E-state index is 0.0659. The first kappa shape index (κ1) is 18.3. The van der Waals surface area contributed by atoms with Gasteiger partial charge in [-0.3, -0.25) is 4.79 Å². The molecule has 0 spiro atoms. The number of rotatable bonds is 5. The topological polar surface area (TPSA) is 89.3 Å². The van der Waals surface area contributed by atoms with Crippen LogP contribution in [0, 0.1) is 23.6 Å². The van der Waals surface area contributed by atoms with Crippen LogP contribution in [0.3, 0.4) is 0 Å². The van der Waals surface area contributed by atoms with Crippen molar-refractivity contribution < 1.29 is 17.6 Å². The predicted octanol–water partition coefficient (Wildman–Crippen LogP) is 1.87. The maximum absolute atomic E-state index is 12.9. The fraction of sp³-hybridized carbons (Fsp3) is 0.611. The molecule has 0 aromatic heterocycles. The third-order valence-corrected chi connectivity index (χ3v) is 7.36. The van der Waals surface area contributed by atoms with Gasteiger partial charge < -0.3 is 11.1 Å². The van der Waals surface area contributed by atoms with E-state index in [1.807, 2.05) is 0 Å². The largest absolute Gasteiger partial charge is 0.355 e. The Morgan fingerprint density at radius 2 is 1.76 bits per heavy atom. The molecule has 0 saturated heterocycles. The van der Waals surface area contributed by atoms with Gasteiger partial charge >= 0.3 is 0 Å². The summed E-state index contributed by atoms with van der Waals surface area (Å²) in [5, 5.41) is 2.76. The molecule has 1 aromatic rings. The van der Waals surface area contributed by atoms with Crippen LogP contribution < -0.4 is 11.1 Å². The van der Waals surface area contributed by atoms with Crippen LogP contribution in [0.15, 0.2) is 29.2 Å². The van der Waals surface area contributed by atoms with Crippen molar-refractivity contribution in [3.05, 3.63) is 30.1 Å². The molecule has 2 aliphatic rings. The SMILES string of the molecule is NC1C2CCCC1CC(C(=O)NCCS(=O)(=O)c1ccc(F)cc1)C2. The number of nitrogens with two attached hydrogens (primary N) is 1. The highest BCUT2D eigenvalue weighted by atomic mass is 32.2. The second-order valence-electron chi connectivity index (χ2n) is 7.26. The number of halogens is 1. The first-order valence-corrected chi connectivity index (χ1v) is 10.5. The first-order valence-electron chi connectivity index (χ1n) is 8.88. The highest BCUT2D eigenvalue weighted by molar-refractivity contribution is 7.91. The minimum Gasteiger partial charge on any atom is -0.355 e. The zero-order valence-electron chi connectivity index (χ0n) is 14.2. The Morgan fingerprint density at radius 3 is 2.36 bits per heavy atom. The summed E-state index contributed by atoms with van der Waals surface area (Å²) in [5.41, 5.74) is 6.24. The van der Waals surface area contributed by atoms with Gasteiger partial charge in [0.25, 0.3) is 0 Å². The van der Waals surface area contributed by atoms with Crippen molar-refractivity contribution in [3.8, 4) is 0 Å². The van der Waals surface area contributed by atoms with Crippen molar-refractivity contribution in [2.45, 2.75) is 43.0 Å². The van der Waals surface area contributed by atoms with Gasteiger partial charge in [-0.15, -0.1) is 0 Å². The summed E-state index contributed by atoms with van der Waals surface area (Å²) in [5.74, 6) is 0.0103. The monoisotopic (exact) mass is 368 g/mol. The van der Waals surface area contributed by atoms with Crippen molar-refractivity contribution in [2.24, 2.45) is 23.5 Å². The molecule has 3 rings (SSSR count). The fourth-order valence-corrected chi connectivity index (χ4v) is 5.37. The van der Waals surface area contributed by atoms with E-state index in [2.05, 4.69) is 5.32 Å². The number of hydrogen-bond acceptors (Lipinski definition) is 4. The number of hydrogen-bond donors (Lipinski definition) is 2. The molecule has 25 heavy (non-hydrogen) atoms. The van der Waals surface area contributed by atoms with E-state index in [0.29, 0.717) is 11.8 Å². The minimum atomic E-state index is -3.53. The lowest BCUT2D eigenvalue weighted by molar-refractivity contribution is -0.127. The van der Waals surface area contributed by atoms with E-state index < -0.39 is 15.7 Å². The van der Waals surface area contributed by atoms with Crippen molar-refractivity contribution in [2.75, 3.05) is 12.3 Å². The summed E-state index contributed by atoms with van der Waals surface area (Å²) >= 11 is 0. The molecule has 2 fully saturated rings. The van der Waals surface area contributed by atoms with Gasteiger partial charge in [-0.05, 0) is 61.8 Å². The highest BCUT2D eigenvalue weighted by Gasteiger charge is 2.40. The Balaban J connectivity index is 1.52. The molecular weight excluding hydrogens is 343 g/mol. The number of sulfone groups is 1. The molecule has 3 N–H and O–H groups in total. The number of benzene rings is 1. The summed E-state index contributed by atoms with van der Waals surface area (Å²) < 4.78 is 37.3. The molecule has 0 aliphatic heterocycles. The molecule has 2 bridgehead atoms. The van der Waals surface area contributed by atoms with Crippen molar-refractivity contribution >= 4 is 15.7 Å². The summed E-state index contributed by atoms with van der Waals surface area (Å²) in [6, 6.07) is 4.94. The average molecular weight is 368 g/mol. The Morgan fingerprint density at radius 1 is 1.16 bits per heavy atom. The molecule has 5 nitrogen and oxygen atoms in total. The van der Waals surface area contributed by atoms with Gasteiger partial charge in [0.1, 0.15) is 5.82 Å². The molecular formula is C18H25FN2O3S. The van der Waals surface area contributed by atoms with Crippen molar-refractivity contribution in [1.82, 2.24) is 5.32 Å². The van der Waals surface area contributed by atoms with Crippen LogP contribution in [0.4, 0.5) is 4.39 Å². The molecule has 0 heterocycles. The molecule has 1 aromatic carbocycles. The molecule has 2 unspecified atom stereocenters. The molecule has 1 amide bonds. The Hall–Kier alpha value is -1.47. The maximum atomic E-state index is 12.9. The lowest BCUT2D eigenvalue weighted by atomic mass is 9.65. The third-order valence-electron chi connectivity index (χ3n) is 5.63. The lowest BCUT2D eigenvalue weighted by Gasteiger charge is -2.43. The van der Waals surface area contributed by atoms with E-state index in [4.69, 9.17) is 5.73 Å². The Labute approximate surface area is 148 Å². The summed E-state index contributed by atoms with van der Waals surface area (Å²) in [6.45, 7) is 0.0659. The average Bonchev–Trinajstić information content (AvgIpc) is 2.54. The van der Waals surface area contributed by atoms with Crippen LogP contribution in [0.2, 0.25) is 0 Å². The fourth-order valence-electron chi connectivity index (χ4n) is 4.22. The van der Waals surface area contributed by atoms with Crippen molar-refractivity contribution in [3.63, 3.8) is 0 Å². The van der Waals surface area contributed by atoms with Gasteiger partial charge in [0.05, 0.1) is 10.6 Å². The molecule has 7 heteroatoms. The molecule has 0 radical (unpaired) electrons. The molecule has 2 aliphatic carbocycles. The third kappa shape index (κ3) is 4.20. The quantitative estimate of drug-likeness (QED) is 0.777. The van der Waals surface area contributed by atoms with E-state index >= 15 is 0 Å². The van der Waals surface area contributed by atoms with E-state index in [9.17, 15) is 17.6 Å². The smallest absolute Gasteiger partial charge is 0.223 e. The second kappa shape index (κ2) is 7.41. The van der Waals surface area contributed by atoms with Crippen LogP contribution in [0.5, 0.6) is 0 Å².